The van der Waals surface area contributed by atoms with Crippen molar-refractivity contribution in [3.05, 3.63) is 54.2 Å². The van der Waals surface area contributed by atoms with Gasteiger partial charge in [-0.2, -0.15) is 0 Å². The molecule has 0 atom stereocenters. The summed E-state index contributed by atoms with van der Waals surface area (Å²) in [4.78, 5) is 19.4. The average Bonchev–Trinajstić information content (AvgIpc) is 2.61. The second-order valence-electron chi connectivity index (χ2n) is 6.17. The van der Waals surface area contributed by atoms with Gasteiger partial charge in [0.1, 0.15) is 0 Å². The Balaban J connectivity index is 0.00000113. The SMILES string of the molecule is Cl.Cl.NC1CCN(C(=O)c2cc3ccccc3c3cccnc23)CC1. The van der Waals surface area contributed by atoms with Crippen molar-refractivity contribution in [2.45, 2.75) is 18.9 Å². The molecule has 0 saturated carbocycles. The van der Waals surface area contributed by atoms with Gasteiger partial charge in [0.15, 0.2) is 0 Å². The summed E-state index contributed by atoms with van der Waals surface area (Å²) in [7, 11) is 0. The van der Waals surface area contributed by atoms with Crippen molar-refractivity contribution >= 4 is 52.4 Å². The molecule has 0 spiro atoms. The minimum absolute atomic E-state index is 0. The summed E-state index contributed by atoms with van der Waals surface area (Å²) in [5.74, 6) is 0.0614. The maximum Gasteiger partial charge on any atom is 0.256 e. The number of nitrogens with two attached hydrogens (primary N) is 1. The number of nitrogens with zero attached hydrogens (tertiary/aromatic N) is 2. The van der Waals surface area contributed by atoms with E-state index in [2.05, 4.69) is 11.1 Å². The topological polar surface area (TPSA) is 59.2 Å². The van der Waals surface area contributed by atoms with Crippen LogP contribution in [-0.4, -0.2) is 34.9 Å². The van der Waals surface area contributed by atoms with E-state index in [1.165, 1.54) is 0 Å². The summed E-state index contributed by atoms with van der Waals surface area (Å²) in [6.07, 6.45) is 3.48. The first-order valence-corrected chi connectivity index (χ1v) is 8.05. The zero-order valence-electron chi connectivity index (χ0n) is 13.7. The fourth-order valence-electron chi connectivity index (χ4n) is 3.37. The number of benzene rings is 2. The standard InChI is InChI=1S/C19H19N3O.2ClH/c20-14-7-10-22(11-8-14)19(23)17-12-13-4-1-2-5-15(13)16-6-3-9-21-18(16)17;;/h1-6,9,12,14H,7-8,10-11,20H2;2*1H. The lowest BCUT2D eigenvalue weighted by atomic mass is 9.99. The van der Waals surface area contributed by atoms with Gasteiger partial charge in [0, 0.05) is 30.7 Å². The largest absolute Gasteiger partial charge is 0.338 e. The molecule has 0 radical (unpaired) electrons. The number of piperidine rings is 1. The van der Waals surface area contributed by atoms with E-state index in [4.69, 9.17) is 5.73 Å². The van der Waals surface area contributed by atoms with Gasteiger partial charge in [-0.3, -0.25) is 9.78 Å². The summed E-state index contributed by atoms with van der Waals surface area (Å²) in [6.45, 7) is 1.45. The summed E-state index contributed by atoms with van der Waals surface area (Å²) < 4.78 is 0. The predicted octanol–water partition coefficient (Wildman–Crippen LogP) is 3.79. The molecule has 2 aromatic carbocycles. The highest BCUT2D eigenvalue weighted by Crippen LogP contribution is 2.28. The second-order valence-corrected chi connectivity index (χ2v) is 6.17. The number of fused-ring (bicyclic) bond motifs is 3. The Labute approximate surface area is 159 Å². The normalized spacial score (nSPS) is 14.8. The molecule has 0 unspecified atom stereocenters. The highest BCUT2D eigenvalue weighted by atomic mass is 35.5. The molecule has 2 N–H and O–H groups in total. The lowest BCUT2D eigenvalue weighted by Gasteiger charge is -2.30. The van der Waals surface area contributed by atoms with E-state index in [1.54, 1.807) is 6.20 Å². The molecule has 2 heterocycles. The van der Waals surface area contributed by atoms with Crippen molar-refractivity contribution in [1.29, 1.82) is 0 Å². The van der Waals surface area contributed by atoms with Gasteiger partial charge in [0.2, 0.25) is 0 Å². The predicted molar refractivity (Wildman–Crippen MR) is 107 cm³/mol. The summed E-state index contributed by atoms with van der Waals surface area (Å²) in [6, 6.07) is 14.3. The van der Waals surface area contributed by atoms with Gasteiger partial charge in [0.05, 0.1) is 11.1 Å². The summed E-state index contributed by atoms with van der Waals surface area (Å²) >= 11 is 0. The van der Waals surface area contributed by atoms with E-state index in [0.717, 1.165) is 47.6 Å². The van der Waals surface area contributed by atoms with Crippen LogP contribution in [0.25, 0.3) is 21.7 Å². The second kappa shape index (κ2) is 8.00. The fourth-order valence-corrected chi connectivity index (χ4v) is 3.37. The zero-order chi connectivity index (χ0) is 15.8. The lowest BCUT2D eigenvalue weighted by Crippen LogP contribution is -2.42. The molecule has 0 bridgehead atoms. The first-order valence-electron chi connectivity index (χ1n) is 8.05. The van der Waals surface area contributed by atoms with Crippen molar-refractivity contribution in [2.75, 3.05) is 13.1 Å². The smallest absolute Gasteiger partial charge is 0.256 e. The maximum absolute atomic E-state index is 13.0. The molecule has 132 valence electrons. The van der Waals surface area contributed by atoms with Gasteiger partial charge in [0.25, 0.3) is 5.91 Å². The van der Waals surface area contributed by atoms with Crippen molar-refractivity contribution in [3.63, 3.8) is 0 Å². The Bertz CT molecular complexity index is 892. The van der Waals surface area contributed by atoms with E-state index in [-0.39, 0.29) is 36.8 Å². The minimum atomic E-state index is 0. The van der Waals surface area contributed by atoms with Gasteiger partial charge in [-0.25, -0.2) is 0 Å². The highest BCUT2D eigenvalue weighted by Gasteiger charge is 2.24. The Hall–Kier alpha value is -1.88. The van der Waals surface area contributed by atoms with Crippen LogP contribution < -0.4 is 5.73 Å². The quantitative estimate of drug-likeness (QED) is 0.656. The highest BCUT2D eigenvalue weighted by molar-refractivity contribution is 6.15. The van der Waals surface area contributed by atoms with Crippen LogP contribution in [0.15, 0.2) is 48.7 Å². The van der Waals surface area contributed by atoms with E-state index >= 15 is 0 Å². The number of pyridine rings is 1. The number of halogens is 2. The molecule has 1 aromatic heterocycles. The van der Waals surface area contributed by atoms with Crippen LogP contribution in [0.2, 0.25) is 0 Å². The summed E-state index contributed by atoms with van der Waals surface area (Å²) in [5, 5.41) is 3.24. The number of aromatic nitrogens is 1. The molecule has 1 amide bonds. The third-order valence-corrected chi connectivity index (χ3v) is 4.67. The van der Waals surface area contributed by atoms with E-state index < -0.39 is 0 Å². The Morgan fingerprint density at radius 3 is 2.48 bits per heavy atom. The van der Waals surface area contributed by atoms with E-state index in [1.807, 2.05) is 41.3 Å². The van der Waals surface area contributed by atoms with Crippen molar-refractivity contribution in [1.82, 2.24) is 9.88 Å². The molecular weight excluding hydrogens is 357 g/mol. The number of hydrogen-bond donors (Lipinski definition) is 1. The van der Waals surface area contributed by atoms with Crippen molar-refractivity contribution < 1.29 is 4.79 Å². The van der Waals surface area contributed by atoms with E-state index in [0.29, 0.717) is 5.56 Å². The molecule has 4 rings (SSSR count). The molecule has 4 nitrogen and oxygen atoms in total. The van der Waals surface area contributed by atoms with Gasteiger partial charge in [-0.05, 0) is 35.7 Å². The Morgan fingerprint density at radius 2 is 1.72 bits per heavy atom. The molecular formula is C19H21Cl2N3O. The van der Waals surface area contributed by atoms with Crippen LogP contribution in [-0.2, 0) is 0 Å². The van der Waals surface area contributed by atoms with Crippen molar-refractivity contribution in [3.8, 4) is 0 Å². The summed E-state index contributed by atoms with van der Waals surface area (Å²) in [5.41, 5.74) is 7.42. The monoisotopic (exact) mass is 377 g/mol. The van der Waals surface area contributed by atoms with Crippen LogP contribution in [0, 0.1) is 0 Å². The molecule has 1 fully saturated rings. The molecule has 1 aliphatic rings. The Kier molecular flexibility index (Phi) is 6.22. The minimum Gasteiger partial charge on any atom is -0.338 e. The first-order chi connectivity index (χ1) is 11.2. The third-order valence-electron chi connectivity index (χ3n) is 4.67. The van der Waals surface area contributed by atoms with Gasteiger partial charge in [-0.1, -0.05) is 30.3 Å². The molecule has 25 heavy (non-hydrogen) atoms. The van der Waals surface area contributed by atoms with Crippen LogP contribution in [0.4, 0.5) is 0 Å². The number of likely N-dealkylation sites (tertiary alicyclic amines) is 1. The van der Waals surface area contributed by atoms with Gasteiger partial charge in [-0.15, -0.1) is 24.8 Å². The maximum atomic E-state index is 13.0. The zero-order valence-corrected chi connectivity index (χ0v) is 15.4. The Morgan fingerprint density at radius 1 is 1.04 bits per heavy atom. The molecule has 1 saturated heterocycles. The van der Waals surface area contributed by atoms with Crippen LogP contribution >= 0.6 is 24.8 Å². The number of hydrogen-bond acceptors (Lipinski definition) is 3. The molecule has 1 aliphatic heterocycles. The third kappa shape index (κ3) is 3.56. The van der Waals surface area contributed by atoms with Crippen LogP contribution in [0.1, 0.15) is 23.2 Å². The molecule has 0 aliphatic carbocycles. The number of carbonyl (C=O) groups excluding carboxylic acids is 1. The number of amides is 1. The van der Waals surface area contributed by atoms with Crippen LogP contribution in [0.3, 0.4) is 0 Å². The van der Waals surface area contributed by atoms with Gasteiger partial charge < -0.3 is 10.6 Å². The lowest BCUT2D eigenvalue weighted by molar-refractivity contribution is 0.0716. The van der Waals surface area contributed by atoms with Crippen LogP contribution in [0.5, 0.6) is 0 Å². The first kappa shape index (κ1) is 19.4. The fraction of sp³-hybridized carbons (Fsp3) is 0.263. The van der Waals surface area contributed by atoms with E-state index in [9.17, 15) is 4.79 Å². The average molecular weight is 378 g/mol. The number of rotatable bonds is 1. The molecule has 3 aromatic rings. The number of carbonyl (C=O) groups is 1. The van der Waals surface area contributed by atoms with Gasteiger partial charge >= 0.3 is 0 Å². The van der Waals surface area contributed by atoms with Crippen molar-refractivity contribution in [2.24, 2.45) is 5.73 Å². The molecule has 6 heteroatoms.